The van der Waals surface area contributed by atoms with E-state index >= 15 is 0 Å². The fourth-order valence-electron chi connectivity index (χ4n) is 4.10. The summed E-state index contributed by atoms with van der Waals surface area (Å²) in [4.78, 5) is 0. The van der Waals surface area contributed by atoms with Crippen LogP contribution in [0.2, 0.25) is 39.3 Å². The highest BCUT2D eigenvalue weighted by molar-refractivity contribution is 6.70. The SMILES string of the molecule is CC[C@@H](CCO[Si](C)(C)C)C(=NN1CCC[C@H]1COC)[C@@H](CC)CCO[Si](C)(C)C. The summed E-state index contributed by atoms with van der Waals surface area (Å²) in [6.45, 7) is 21.7. The zero-order valence-electron chi connectivity index (χ0n) is 21.4. The zero-order chi connectivity index (χ0) is 22.8. The molecule has 1 saturated heterocycles. The third-order valence-corrected chi connectivity index (χ3v) is 7.91. The van der Waals surface area contributed by atoms with Crippen LogP contribution < -0.4 is 0 Å². The first-order valence-corrected chi connectivity index (χ1v) is 18.9. The molecular formula is C23H50N2O3Si2. The van der Waals surface area contributed by atoms with Gasteiger partial charge in [-0.25, -0.2) is 0 Å². The Bertz CT molecular complexity index is 474. The van der Waals surface area contributed by atoms with E-state index in [1.165, 1.54) is 18.6 Å². The number of hydrazone groups is 1. The molecule has 1 aliphatic heterocycles. The normalized spacial score (nSPS) is 19.8. The second kappa shape index (κ2) is 13.4. The van der Waals surface area contributed by atoms with Gasteiger partial charge >= 0.3 is 0 Å². The monoisotopic (exact) mass is 458 g/mol. The first-order valence-electron chi connectivity index (χ1n) is 12.1. The number of ether oxygens (including phenoxy) is 1. The number of nitrogens with zero attached hydrogens (tertiary/aromatic N) is 2. The molecule has 1 aliphatic rings. The maximum absolute atomic E-state index is 6.21. The number of methoxy groups -OCH3 is 1. The fourth-order valence-corrected chi connectivity index (χ4v) is 5.56. The van der Waals surface area contributed by atoms with Gasteiger partial charge in [-0.2, -0.15) is 5.10 Å². The average Bonchev–Trinajstić information content (AvgIpc) is 3.07. The number of hydrogen-bond acceptors (Lipinski definition) is 5. The number of rotatable bonds is 15. The fraction of sp³-hybridized carbons (Fsp3) is 0.957. The quantitative estimate of drug-likeness (QED) is 0.223. The Balaban J connectivity index is 3.01. The van der Waals surface area contributed by atoms with Gasteiger partial charge in [-0.1, -0.05) is 13.8 Å². The van der Waals surface area contributed by atoms with Crippen LogP contribution in [0.15, 0.2) is 5.10 Å². The van der Waals surface area contributed by atoms with E-state index in [2.05, 4.69) is 58.1 Å². The van der Waals surface area contributed by atoms with Crippen LogP contribution in [0.3, 0.4) is 0 Å². The molecule has 178 valence electrons. The topological polar surface area (TPSA) is 43.3 Å². The van der Waals surface area contributed by atoms with E-state index in [0.29, 0.717) is 17.9 Å². The van der Waals surface area contributed by atoms with E-state index < -0.39 is 16.6 Å². The van der Waals surface area contributed by atoms with E-state index in [-0.39, 0.29) is 0 Å². The minimum atomic E-state index is -1.49. The van der Waals surface area contributed by atoms with Crippen molar-refractivity contribution < 1.29 is 13.6 Å². The van der Waals surface area contributed by atoms with E-state index in [9.17, 15) is 0 Å². The van der Waals surface area contributed by atoms with Crippen molar-refractivity contribution in [3.8, 4) is 0 Å². The lowest BCUT2D eigenvalue weighted by Crippen LogP contribution is -2.35. The maximum atomic E-state index is 6.21. The molecule has 0 aromatic rings. The summed E-state index contributed by atoms with van der Waals surface area (Å²) >= 11 is 0. The van der Waals surface area contributed by atoms with E-state index in [0.717, 1.165) is 52.0 Å². The van der Waals surface area contributed by atoms with Crippen molar-refractivity contribution >= 4 is 22.3 Å². The highest BCUT2D eigenvalue weighted by Gasteiger charge is 2.29. The van der Waals surface area contributed by atoms with Gasteiger partial charge in [0, 0.05) is 44.4 Å². The Morgan fingerprint density at radius 2 is 1.43 bits per heavy atom. The summed E-state index contributed by atoms with van der Waals surface area (Å²) in [6, 6.07) is 0.413. The molecule has 0 aromatic carbocycles. The minimum Gasteiger partial charge on any atom is -0.418 e. The standard InChI is InChI=1S/C23H50N2O3Si2/c1-10-20(14-17-27-29(4,5)6)23(21(11-2)15-18-28-30(7,8)9)24-25-16-12-13-22(25)19-26-3/h20-22H,10-19H2,1-9H3/t20-,21-,22-/m0/s1. The molecule has 0 radical (unpaired) electrons. The minimum absolute atomic E-state index is 0.413. The molecule has 1 fully saturated rings. The van der Waals surface area contributed by atoms with Crippen LogP contribution in [0.5, 0.6) is 0 Å². The van der Waals surface area contributed by atoms with Gasteiger partial charge < -0.3 is 13.6 Å². The van der Waals surface area contributed by atoms with E-state index in [4.69, 9.17) is 18.7 Å². The van der Waals surface area contributed by atoms with Crippen LogP contribution in [0.1, 0.15) is 52.4 Å². The molecule has 7 heteroatoms. The molecule has 0 bridgehead atoms. The van der Waals surface area contributed by atoms with Gasteiger partial charge in [0.05, 0.1) is 12.6 Å². The summed E-state index contributed by atoms with van der Waals surface area (Å²) in [5.41, 5.74) is 1.38. The summed E-state index contributed by atoms with van der Waals surface area (Å²) in [6.07, 6.45) is 6.73. The number of hydrogen-bond donors (Lipinski definition) is 0. The van der Waals surface area contributed by atoms with Crippen LogP contribution in [0, 0.1) is 11.8 Å². The van der Waals surface area contributed by atoms with Gasteiger partial charge in [-0.3, -0.25) is 5.01 Å². The molecule has 0 aromatic heterocycles. The average molecular weight is 459 g/mol. The molecule has 0 spiro atoms. The molecule has 0 aliphatic carbocycles. The molecule has 30 heavy (non-hydrogen) atoms. The molecule has 0 N–H and O–H groups in total. The van der Waals surface area contributed by atoms with Crippen molar-refractivity contribution in [2.24, 2.45) is 16.9 Å². The first kappa shape index (κ1) is 27.8. The molecule has 0 amide bonds. The predicted molar refractivity (Wildman–Crippen MR) is 134 cm³/mol. The van der Waals surface area contributed by atoms with Crippen LogP contribution in [0.25, 0.3) is 0 Å². The molecule has 1 rings (SSSR count). The zero-order valence-corrected chi connectivity index (χ0v) is 23.4. The summed E-state index contributed by atoms with van der Waals surface area (Å²) in [5, 5.41) is 7.65. The third kappa shape index (κ3) is 10.9. The van der Waals surface area contributed by atoms with Gasteiger partial charge in [-0.15, -0.1) is 0 Å². The second-order valence-electron chi connectivity index (χ2n) is 10.6. The summed E-state index contributed by atoms with van der Waals surface area (Å²) in [5.74, 6) is 0.948. The smallest absolute Gasteiger partial charge is 0.183 e. The Morgan fingerprint density at radius 3 is 1.83 bits per heavy atom. The van der Waals surface area contributed by atoms with Gasteiger partial charge in [0.15, 0.2) is 16.6 Å². The Kier molecular flexibility index (Phi) is 12.4. The van der Waals surface area contributed by atoms with Crippen molar-refractivity contribution in [3.05, 3.63) is 0 Å². The van der Waals surface area contributed by atoms with Crippen LogP contribution >= 0.6 is 0 Å². The van der Waals surface area contributed by atoms with Gasteiger partial charge in [0.2, 0.25) is 0 Å². The molecular weight excluding hydrogens is 408 g/mol. The van der Waals surface area contributed by atoms with E-state index in [1.54, 1.807) is 7.11 Å². The maximum Gasteiger partial charge on any atom is 0.183 e. The molecule has 0 saturated carbocycles. The molecule has 0 unspecified atom stereocenters. The Hall–Kier alpha value is -0.216. The van der Waals surface area contributed by atoms with Crippen molar-refractivity contribution in [1.82, 2.24) is 5.01 Å². The first-order chi connectivity index (χ1) is 14.0. The van der Waals surface area contributed by atoms with Gasteiger partial charge in [-0.05, 0) is 77.8 Å². The highest BCUT2D eigenvalue weighted by atomic mass is 28.4. The predicted octanol–water partition coefficient (Wildman–Crippen LogP) is 5.99. The van der Waals surface area contributed by atoms with Crippen molar-refractivity contribution in [1.29, 1.82) is 0 Å². The Morgan fingerprint density at radius 1 is 0.933 bits per heavy atom. The summed E-state index contributed by atoms with van der Waals surface area (Å²) in [7, 11) is -1.18. The highest BCUT2D eigenvalue weighted by Crippen LogP contribution is 2.26. The lowest BCUT2D eigenvalue weighted by Gasteiger charge is -2.30. The van der Waals surface area contributed by atoms with Gasteiger partial charge in [0.25, 0.3) is 0 Å². The lowest BCUT2D eigenvalue weighted by atomic mass is 9.84. The third-order valence-electron chi connectivity index (χ3n) is 5.77. The molecule has 5 nitrogen and oxygen atoms in total. The van der Waals surface area contributed by atoms with E-state index in [1.807, 2.05) is 0 Å². The summed E-state index contributed by atoms with van der Waals surface area (Å²) < 4.78 is 17.9. The van der Waals surface area contributed by atoms with Crippen molar-refractivity contribution in [2.45, 2.75) is 97.7 Å². The van der Waals surface area contributed by atoms with Crippen LogP contribution in [-0.2, 0) is 13.6 Å². The second-order valence-corrected chi connectivity index (χ2v) is 19.7. The largest absolute Gasteiger partial charge is 0.418 e. The molecule has 3 atom stereocenters. The van der Waals surface area contributed by atoms with Crippen LogP contribution in [-0.4, -0.2) is 66.9 Å². The van der Waals surface area contributed by atoms with Crippen LogP contribution in [0.4, 0.5) is 0 Å². The lowest BCUT2D eigenvalue weighted by molar-refractivity contribution is 0.116. The molecule has 1 heterocycles. The van der Waals surface area contributed by atoms with Gasteiger partial charge in [0.1, 0.15) is 0 Å². The Labute approximate surface area is 189 Å². The van der Waals surface area contributed by atoms with Crippen molar-refractivity contribution in [3.63, 3.8) is 0 Å². The van der Waals surface area contributed by atoms with Crippen molar-refractivity contribution in [2.75, 3.05) is 33.5 Å².